The number of benzene rings is 1. The number of pyridine rings is 1. The fraction of sp³-hybridized carbons (Fsp3) is 0.294. The van der Waals surface area contributed by atoms with Gasteiger partial charge in [0.15, 0.2) is 0 Å². The smallest absolute Gasteiger partial charge is 0.252 e. The van der Waals surface area contributed by atoms with Crippen LogP contribution in [0.1, 0.15) is 28.9 Å². The van der Waals surface area contributed by atoms with Crippen LogP contribution in [0.3, 0.4) is 0 Å². The minimum Gasteiger partial charge on any atom is -0.367 e. The highest BCUT2D eigenvalue weighted by Gasteiger charge is 2.28. The molecule has 0 aliphatic carbocycles. The first-order valence-electron chi connectivity index (χ1n) is 7.34. The number of nitrogens with two attached hydrogens (primary N) is 1. The van der Waals surface area contributed by atoms with Crippen molar-refractivity contribution in [1.29, 1.82) is 0 Å². The van der Waals surface area contributed by atoms with Crippen LogP contribution in [0.25, 0.3) is 0 Å². The molecule has 2 aromatic rings. The summed E-state index contributed by atoms with van der Waals surface area (Å²) in [5.41, 5.74) is 7.86. The van der Waals surface area contributed by atoms with Gasteiger partial charge in [0.05, 0.1) is 17.4 Å². The highest BCUT2D eigenvalue weighted by molar-refractivity contribution is 5.98. The Balaban J connectivity index is 1.90. The van der Waals surface area contributed by atoms with Crippen LogP contribution in [-0.2, 0) is 4.74 Å². The fourth-order valence-corrected chi connectivity index (χ4v) is 2.85. The molecule has 2 unspecified atom stereocenters. The van der Waals surface area contributed by atoms with E-state index < -0.39 is 5.91 Å². The molecule has 1 aliphatic heterocycles. The summed E-state index contributed by atoms with van der Waals surface area (Å²) in [5, 5.41) is 0. The standard InChI is InChI=1S/C17H19N3O2/c1-12-10-20(15-7-8-19-9-14(15)17(18)21)11-16(22-12)13-5-3-2-4-6-13/h2-9,12,16H,10-11H2,1H3,(H2,18,21). The van der Waals surface area contributed by atoms with E-state index >= 15 is 0 Å². The van der Waals surface area contributed by atoms with Gasteiger partial charge >= 0.3 is 0 Å². The van der Waals surface area contributed by atoms with Crippen LogP contribution in [0.15, 0.2) is 48.8 Å². The van der Waals surface area contributed by atoms with Crippen LogP contribution < -0.4 is 10.6 Å². The lowest BCUT2D eigenvalue weighted by Gasteiger charge is -2.39. The van der Waals surface area contributed by atoms with E-state index in [1.165, 1.54) is 6.20 Å². The Morgan fingerprint density at radius 1 is 1.27 bits per heavy atom. The summed E-state index contributed by atoms with van der Waals surface area (Å²) in [7, 11) is 0. The van der Waals surface area contributed by atoms with Crippen molar-refractivity contribution in [2.24, 2.45) is 5.73 Å². The summed E-state index contributed by atoms with van der Waals surface area (Å²) in [6.45, 7) is 3.43. The summed E-state index contributed by atoms with van der Waals surface area (Å²) in [6, 6.07) is 11.9. The van der Waals surface area contributed by atoms with E-state index in [1.54, 1.807) is 6.20 Å². The van der Waals surface area contributed by atoms with E-state index in [0.717, 1.165) is 11.3 Å². The number of ether oxygens (including phenoxy) is 1. The van der Waals surface area contributed by atoms with Gasteiger partial charge in [0, 0.05) is 25.5 Å². The molecule has 1 fully saturated rings. The second-order valence-corrected chi connectivity index (χ2v) is 5.51. The number of morpholine rings is 1. The predicted molar refractivity (Wildman–Crippen MR) is 84.7 cm³/mol. The number of carbonyl (C=O) groups excluding carboxylic acids is 1. The van der Waals surface area contributed by atoms with Crippen molar-refractivity contribution in [2.45, 2.75) is 19.1 Å². The second-order valence-electron chi connectivity index (χ2n) is 5.51. The molecule has 0 saturated carbocycles. The van der Waals surface area contributed by atoms with E-state index in [-0.39, 0.29) is 12.2 Å². The first-order chi connectivity index (χ1) is 10.6. The first-order valence-corrected chi connectivity index (χ1v) is 7.34. The third-order valence-corrected chi connectivity index (χ3v) is 3.84. The van der Waals surface area contributed by atoms with Crippen LogP contribution in [-0.4, -0.2) is 30.1 Å². The number of amides is 1. The van der Waals surface area contributed by atoms with Crippen molar-refractivity contribution in [2.75, 3.05) is 18.0 Å². The molecule has 0 bridgehead atoms. The van der Waals surface area contributed by atoms with Gasteiger partial charge in [-0.3, -0.25) is 9.78 Å². The van der Waals surface area contributed by atoms with E-state index in [4.69, 9.17) is 10.5 Å². The van der Waals surface area contributed by atoms with Crippen molar-refractivity contribution in [3.63, 3.8) is 0 Å². The molecule has 3 rings (SSSR count). The number of nitrogens with zero attached hydrogens (tertiary/aromatic N) is 2. The Hall–Kier alpha value is -2.40. The SMILES string of the molecule is CC1CN(c2ccncc2C(N)=O)CC(c2ccccc2)O1. The zero-order chi connectivity index (χ0) is 15.5. The van der Waals surface area contributed by atoms with Gasteiger partial charge in [-0.05, 0) is 18.6 Å². The van der Waals surface area contributed by atoms with E-state index in [2.05, 4.69) is 22.0 Å². The molecular formula is C17H19N3O2. The normalized spacial score (nSPS) is 21.6. The number of primary amides is 1. The lowest BCUT2D eigenvalue weighted by Crippen LogP contribution is -2.43. The molecule has 1 saturated heterocycles. The van der Waals surface area contributed by atoms with E-state index in [1.807, 2.05) is 31.2 Å². The van der Waals surface area contributed by atoms with Crippen LogP contribution in [0.4, 0.5) is 5.69 Å². The molecule has 5 nitrogen and oxygen atoms in total. The fourth-order valence-electron chi connectivity index (χ4n) is 2.85. The van der Waals surface area contributed by atoms with Gasteiger partial charge in [-0.15, -0.1) is 0 Å². The summed E-state index contributed by atoms with van der Waals surface area (Å²) in [4.78, 5) is 17.8. The Labute approximate surface area is 129 Å². The van der Waals surface area contributed by atoms with Gasteiger partial charge in [0.1, 0.15) is 6.10 Å². The van der Waals surface area contributed by atoms with Crippen molar-refractivity contribution in [3.05, 3.63) is 59.9 Å². The second kappa shape index (κ2) is 6.15. The van der Waals surface area contributed by atoms with Crippen molar-refractivity contribution in [1.82, 2.24) is 4.98 Å². The summed E-state index contributed by atoms with van der Waals surface area (Å²) in [5.74, 6) is -0.460. The molecular weight excluding hydrogens is 278 g/mol. The molecule has 1 aromatic heterocycles. The number of carbonyl (C=O) groups is 1. The number of rotatable bonds is 3. The summed E-state index contributed by atoms with van der Waals surface area (Å²) >= 11 is 0. The molecule has 2 atom stereocenters. The van der Waals surface area contributed by atoms with Crippen LogP contribution in [0.5, 0.6) is 0 Å². The van der Waals surface area contributed by atoms with E-state index in [9.17, 15) is 4.79 Å². The Bertz CT molecular complexity index is 660. The lowest BCUT2D eigenvalue weighted by atomic mass is 10.1. The van der Waals surface area contributed by atoms with Gasteiger partial charge in [0.2, 0.25) is 0 Å². The topological polar surface area (TPSA) is 68.5 Å². The highest BCUT2D eigenvalue weighted by Crippen LogP contribution is 2.30. The summed E-state index contributed by atoms with van der Waals surface area (Å²) in [6.07, 6.45) is 3.24. The third kappa shape index (κ3) is 2.94. The summed E-state index contributed by atoms with van der Waals surface area (Å²) < 4.78 is 6.05. The highest BCUT2D eigenvalue weighted by atomic mass is 16.5. The van der Waals surface area contributed by atoms with Crippen LogP contribution in [0, 0.1) is 0 Å². The van der Waals surface area contributed by atoms with Crippen LogP contribution >= 0.6 is 0 Å². The van der Waals surface area contributed by atoms with Crippen molar-refractivity contribution < 1.29 is 9.53 Å². The third-order valence-electron chi connectivity index (χ3n) is 3.84. The molecule has 5 heteroatoms. The average molecular weight is 297 g/mol. The minimum absolute atomic E-state index is 0.0289. The Morgan fingerprint density at radius 3 is 2.77 bits per heavy atom. The predicted octanol–water partition coefficient (Wildman–Crippen LogP) is 2.15. The maximum Gasteiger partial charge on any atom is 0.252 e. The van der Waals surface area contributed by atoms with E-state index in [0.29, 0.717) is 18.7 Å². The number of anilines is 1. The Kier molecular flexibility index (Phi) is 4.06. The van der Waals surface area contributed by atoms with Crippen molar-refractivity contribution in [3.8, 4) is 0 Å². The molecule has 1 amide bonds. The van der Waals surface area contributed by atoms with Gasteiger partial charge in [-0.1, -0.05) is 30.3 Å². The zero-order valence-corrected chi connectivity index (χ0v) is 12.5. The maximum absolute atomic E-state index is 11.6. The van der Waals surface area contributed by atoms with Gasteiger partial charge < -0.3 is 15.4 Å². The average Bonchev–Trinajstić information content (AvgIpc) is 2.55. The number of aromatic nitrogens is 1. The molecule has 114 valence electrons. The first kappa shape index (κ1) is 14.5. The number of hydrogen-bond donors (Lipinski definition) is 1. The largest absolute Gasteiger partial charge is 0.367 e. The quantitative estimate of drug-likeness (QED) is 0.942. The lowest BCUT2D eigenvalue weighted by molar-refractivity contribution is -0.0174. The molecule has 0 spiro atoms. The Morgan fingerprint density at radius 2 is 2.05 bits per heavy atom. The van der Waals surface area contributed by atoms with Gasteiger partial charge in [-0.2, -0.15) is 0 Å². The molecule has 2 heterocycles. The molecule has 2 N–H and O–H groups in total. The van der Waals surface area contributed by atoms with Gasteiger partial charge in [0.25, 0.3) is 5.91 Å². The molecule has 0 radical (unpaired) electrons. The van der Waals surface area contributed by atoms with Crippen LogP contribution in [0.2, 0.25) is 0 Å². The maximum atomic E-state index is 11.6. The zero-order valence-electron chi connectivity index (χ0n) is 12.5. The molecule has 22 heavy (non-hydrogen) atoms. The van der Waals surface area contributed by atoms with Gasteiger partial charge in [-0.25, -0.2) is 0 Å². The minimum atomic E-state index is -0.460. The number of hydrogen-bond acceptors (Lipinski definition) is 4. The molecule has 1 aliphatic rings. The van der Waals surface area contributed by atoms with Crippen molar-refractivity contribution >= 4 is 11.6 Å². The monoisotopic (exact) mass is 297 g/mol. The molecule has 1 aromatic carbocycles.